The van der Waals surface area contributed by atoms with E-state index in [-0.39, 0.29) is 65.8 Å². The number of ether oxygens (including phenoxy) is 3. The minimum atomic E-state index is -0.720. The average molecular weight is 771 g/mol. The molecule has 4 aromatic carbocycles. The maximum Gasteiger partial charge on any atom is 0.407 e. The number of nitrogen functional groups attached to an aromatic ring is 1. The van der Waals surface area contributed by atoms with E-state index < -0.39 is 23.9 Å². The van der Waals surface area contributed by atoms with Crippen molar-refractivity contribution in [3.8, 4) is 17.0 Å². The molecule has 0 radical (unpaired) electrons. The first-order valence-corrected chi connectivity index (χ1v) is 18.4. The van der Waals surface area contributed by atoms with Crippen LogP contribution in [0.15, 0.2) is 115 Å². The molecule has 0 unspecified atom stereocenters. The molecule has 6 N–H and O–H groups in total. The summed E-state index contributed by atoms with van der Waals surface area (Å²) in [6, 6.07) is 32.4. The van der Waals surface area contributed by atoms with Crippen molar-refractivity contribution in [3.05, 3.63) is 149 Å². The summed E-state index contributed by atoms with van der Waals surface area (Å²) in [6.07, 6.45) is 0.501. The van der Waals surface area contributed by atoms with E-state index in [1.165, 1.54) is 13.2 Å². The summed E-state index contributed by atoms with van der Waals surface area (Å²) in [7, 11) is 1.42. The third kappa shape index (κ3) is 12.0. The van der Waals surface area contributed by atoms with Crippen LogP contribution < -0.4 is 26.4 Å². The number of benzene rings is 4. The van der Waals surface area contributed by atoms with Gasteiger partial charge in [0.05, 0.1) is 12.7 Å². The lowest BCUT2D eigenvalue weighted by Gasteiger charge is -2.21. The number of amides is 3. The van der Waals surface area contributed by atoms with Crippen LogP contribution in [0.5, 0.6) is 5.88 Å². The number of nitrogens with one attached hydrogen (secondary N) is 4. The van der Waals surface area contributed by atoms with Gasteiger partial charge in [0, 0.05) is 41.0 Å². The number of esters is 1. The Kier molecular flexibility index (Phi) is 14.5. The number of aromatic nitrogens is 1. The first-order valence-electron chi connectivity index (χ1n) is 18.4. The first-order chi connectivity index (χ1) is 27.5. The molecular weight excluding hydrogens is 725 g/mol. The lowest BCUT2D eigenvalue weighted by molar-refractivity contribution is 0.0473. The highest BCUT2D eigenvalue weighted by atomic mass is 16.5. The van der Waals surface area contributed by atoms with Gasteiger partial charge in [0.15, 0.2) is 0 Å². The smallest absolute Gasteiger partial charge is 0.407 e. The third-order valence-corrected chi connectivity index (χ3v) is 8.82. The topological polar surface area (TPSA) is 195 Å². The maximum atomic E-state index is 13.9. The van der Waals surface area contributed by atoms with Gasteiger partial charge in [-0.05, 0) is 77.9 Å². The average Bonchev–Trinajstić information content (AvgIpc) is 3.22. The summed E-state index contributed by atoms with van der Waals surface area (Å²) in [5.74, 6) is -1.48. The molecule has 5 rings (SSSR count). The Morgan fingerprint density at radius 1 is 0.754 bits per heavy atom. The van der Waals surface area contributed by atoms with Crippen LogP contribution in [-0.4, -0.2) is 54.4 Å². The van der Waals surface area contributed by atoms with E-state index in [0.29, 0.717) is 29.7 Å². The molecule has 1 aromatic heterocycles. The Bertz CT molecular complexity index is 2180. The molecule has 0 fully saturated rings. The van der Waals surface area contributed by atoms with Crippen molar-refractivity contribution in [1.82, 2.24) is 15.6 Å². The zero-order valence-electron chi connectivity index (χ0n) is 32.0. The number of anilines is 1. The van der Waals surface area contributed by atoms with Crippen LogP contribution in [0.1, 0.15) is 74.6 Å². The number of amidine groups is 1. The molecule has 13 nitrogen and oxygen atoms in total. The number of pyridine rings is 1. The molecule has 0 bridgehead atoms. The molecule has 0 aliphatic carbocycles. The van der Waals surface area contributed by atoms with Crippen LogP contribution >= 0.6 is 0 Å². The zero-order chi connectivity index (χ0) is 40.7. The lowest BCUT2D eigenvalue weighted by atomic mass is 9.95. The quantitative estimate of drug-likeness (QED) is 0.0372. The number of carbonyl (C=O) groups excluding carboxylic acids is 4. The Labute approximate surface area is 331 Å². The van der Waals surface area contributed by atoms with Gasteiger partial charge in [0.25, 0.3) is 11.8 Å². The number of rotatable bonds is 17. The fourth-order valence-electron chi connectivity index (χ4n) is 5.97. The second-order valence-electron chi connectivity index (χ2n) is 13.6. The van der Waals surface area contributed by atoms with E-state index in [4.69, 9.17) is 25.4 Å². The van der Waals surface area contributed by atoms with Crippen LogP contribution in [0.3, 0.4) is 0 Å². The maximum absolute atomic E-state index is 13.9. The molecule has 57 heavy (non-hydrogen) atoms. The molecule has 0 aliphatic rings. The SMILES string of the molecule is COc1ccc(-c2ccc(C(=O)N[C@H](CCNC(=O)OCc3ccccc3)CC(C)C)cc2C(=O)OCc2ccccc2)c(C(=O)Nc2ccc(C(=N)N)cc2)n1. The molecule has 0 spiro atoms. The molecule has 1 atom stereocenters. The summed E-state index contributed by atoms with van der Waals surface area (Å²) in [6.45, 7) is 4.44. The predicted molar refractivity (Wildman–Crippen MR) is 217 cm³/mol. The fourth-order valence-corrected chi connectivity index (χ4v) is 5.97. The van der Waals surface area contributed by atoms with Crippen LogP contribution in [0.4, 0.5) is 10.5 Å². The van der Waals surface area contributed by atoms with E-state index >= 15 is 0 Å². The van der Waals surface area contributed by atoms with Gasteiger partial charge in [-0.25, -0.2) is 14.6 Å². The van der Waals surface area contributed by atoms with Gasteiger partial charge in [-0.2, -0.15) is 0 Å². The molecular formula is C44H46N6O7. The van der Waals surface area contributed by atoms with Gasteiger partial charge in [-0.1, -0.05) is 80.6 Å². The number of methoxy groups -OCH3 is 1. The molecule has 13 heteroatoms. The van der Waals surface area contributed by atoms with E-state index in [2.05, 4.69) is 20.9 Å². The van der Waals surface area contributed by atoms with Crippen molar-refractivity contribution in [2.24, 2.45) is 11.7 Å². The fraction of sp³-hybridized carbons (Fsp3) is 0.227. The first kappa shape index (κ1) is 41.1. The van der Waals surface area contributed by atoms with Crippen LogP contribution in [-0.2, 0) is 22.7 Å². The number of hydrogen-bond acceptors (Lipinski definition) is 9. The van der Waals surface area contributed by atoms with Crippen molar-refractivity contribution in [2.75, 3.05) is 19.0 Å². The van der Waals surface area contributed by atoms with Crippen molar-refractivity contribution >= 4 is 35.4 Å². The number of nitrogens with zero attached hydrogens (tertiary/aromatic N) is 1. The van der Waals surface area contributed by atoms with E-state index in [9.17, 15) is 19.2 Å². The Hall–Kier alpha value is -7.02. The number of nitrogens with two attached hydrogens (primary N) is 1. The van der Waals surface area contributed by atoms with Crippen molar-refractivity contribution in [3.63, 3.8) is 0 Å². The second-order valence-corrected chi connectivity index (χ2v) is 13.6. The van der Waals surface area contributed by atoms with E-state index in [1.807, 2.05) is 74.5 Å². The van der Waals surface area contributed by atoms with Crippen molar-refractivity contribution in [2.45, 2.75) is 45.9 Å². The summed E-state index contributed by atoms with van der Waals surface area (Å²) in [5.41, 5.74) is 8.88. The number of carbonyl (C=O) groups is 4. The van der Waals surface area contributed by atoms with Gasteiger partial charge in [0.2, 0.25) is 5.88 Å². The third-order valence-electron chi connectivity index (χ3n) is 8.82. The predicted octanol–water partition coefficient (Wildman–Crippen LogP) is 7.11. The standard InChI is InChI=1S/C44H46N6O7/c1-28(2)24-34(22-23-47-44(54)57-27-30-12-8-5-9-13-30)49-41(51)32-16-19-35(37(25-32)43(53)56-26-29-10-6-4-7-11-29)36-20-21-38(55-3)50-39(36)42(52)48-33-17-14-31(15-18-33)40(45)46/h4-21,25,28,34H,22-24,26-27H2,1-3H3,(H3,45,46)(H,47,54)(H,48,52)(H,49,51)/t34-/m1/s1. The Balaban J connectivity index is 1.40. The Morgan fingerprint density at radius 3 is 1.98 bits per heavy atom. The van der Waals surface area contributed by atoms with Gasteiger partial charge >= 0.3 is 12.1 Å². The van der Waals surface area contributed by atoms with Crippen LogP contribution in [0, 0.1) is 11.3 Å². The van der Waals surface area contributed by atoms with Gasteiger partial charge in [-0.15, -0.1) is 0 Å². The molecule has 0 aliphatic heterocycles. The lowest BCUT2D eigenvalue weighted by Crippen LogP contribution is -2.39. The zero-order valence-corrected chi connectivity index (χ0v) is 32.0. The number of hydrogen-bond donors (Lipinski definition) is 5. The monoisotopic (exact) mass is 770 g/mol. The molecule has 0 saturated heterocycles. The van der Waals surface area contributed by atoms with E-state index in [0.717, 1.165) is 11.1 Å². The minimum absolute atomic E-state index is 0.0305. The van der Waals surface area contributed by atoms with Gasteiger partial charge < -0.3 is 35.9 Å². The molecule has 5 aromatic rings. The van der Waals surface area contributed by atoms with Gasteiger partial charge in [0.1, 0.15) is 24.7 Å². The van der Waals surface area contributed by atoms with E-state index in [1.54, 1.807) is 48.5 Å². The largest absolute Gasteiger partial charge is 0.481 e. The molecule has 0 saturated carbocycles. The number of alkyl carbamates (subject to hydrolysis) is 1. The minimum Gasteiger partial charge on any atom is -0.481 e. The molecule has 3 amide bonds. The molecule has 1 heterocycles. The van der Waals surface area contributed by atoms with Crippen molar-refractivity contribution < 1.29 is 33.4 Å². The second kappa shape index (κ2) is 20.1. The normalized spacial score (nSPS) is 11.2. The Morgan fingerprint density at radius 2 is 1.37 bits per heavy atom. The van der Waals surface area contributed by atoms with Crippen LogP contribution in [0.2, 0.25) is 0 Å². The highest BCUT2D eigenvalue weighted by Gasteiger charge is 2.25. The summed E-state index contributed by atoms with van der Waals surface area (Å²) in [5, 5.41) is 16.3. The molecule has 294 valence electrons. The summed E-state index contributed by atoms with van der Waals surface area (Å²) >= 11 is 0. The van der Waals surface area contributed by atoms with Crippen molar-refractivity contribution in [1.29, 1.82) is 5.41 Å². The van der Waals surface area contributed by atoms with Crippen LogP contribution in [0.25, 0.3) is 11.1 Å². The summed E-state index contributed by atoms with van der Waals surface area (Å²) in [4.78, 5) is 58.3. The highest BCUT2D eigenvalue weighted by molar-refractivity contribution is 6.10. The highest BCUT2D eigenvalue weighted by Crippen LogP contribution is 2.31. The van der Waals surface area contributed by atoms with Gasteiger partial charge in [-0.3, -0.25) is 15.0 Å². The summed E-state index contributed by atoms with van der Waals surface area (Å²) < 4.78 is 16.4.